The number of benzene rings is 3. The largest absolute Gasteiger partial charge is 0.464 e. The number of hydrogen-bond acceptors (Lipinski definition) is 6. The van der Waals surface area contributed by atoms with E-state index >= 15 is 0 Å². The van der Waals surface area contributed by atoms with Gasteiger partial charge in [-0.05, 0) is 84.6 Å². The number of rotatable bonds is 10. The third-order valence-electron chi connectivity index (χ3n) is 6.79. The van der Waals surface area contributed by atoms with Crippen LogP contribution in [-0.2, 0) is 30.8 Å². The molecule has 2 N–H and O–H groups in total. The highest BCUT2D eigenvalue weighted by Gasteiger charge is 2.40. The van der Waals surface area contributed by atoms with E-state index in [0.717, 1.165) is 11.1 Å². The van der Waals surface area contributed by atoms with Crippen molar-refractivity contribution in [2.75, 3.05) is 18.5 Å². The molecule has 3 aromatic rings. The summed E-state index contributed by atoms with van der Waals surface area (Å²) in [5.41, 5.74) is 2.70. The lowest BCUT2D eigenvalue weighted by molar-refractivity contribution is -0.147. The average Bonchev–Trinajstić information content (AvgIpc) is 3.46. The monoisotopic (exact) mass is 641 g/mol. The van der Waals surface area contributed by atoms with E-state index in [1.54, 1.807) is 61.5 Å². The Labute approximate surface area is 248 Å². The summed E-state index contributed by atoms with van der Waals surface area (Å²) >= 11 is 3.37. The standard InChI is InChI=1S/C30H32BrN3O6S/c1-3-40-30(37)26(19-21-12-14-22(15-13-21)32-28(35)24-7-4-5-8-25(24)31)33-29(36)27-9-6-18-34(27)41(38,39)23-16-10-20(2)11-17-23/h4-5,7-8,10-17,26-27H,3,6,9,18-19H2,1-2H3,(H,32,35)(H,33,36)/t26-,27-/m0/s1. The zero-order valence-corrected chi connectivity index (χ0v) is 25.2. The van der Waals surface area contributed by atoms with Gasteiger partial charge in [0.2, 0.25) is 15.9 Å². The van der Waals surface area contributed by atoms with Gasteiger partial charge in [0.15, 0.2) is 0 Å². The van der Waals surface area contributed by atoms with Gasteiger partial charge in [0.05, 0.1) is 17.1 Å². The lowest BCUT2D eigenvalue weighted by atomic mass is 10.0. The summed E-state index contributed by atoms with van der Waals surface area (Å²) in [5, 5.41) is 5.57. The van der Waals surface area contributed by atoms with Crippen LogP contribution in [-0.4, -0.2) is 55.7 Å². The quantitative estimate of drug-likeness (QED) is 0.315. The number of halogens is 1. The van der Waals surface area contributed by atoms with Gasteiger partial charge in [-0.1, -0.05) is 42.0 Å². The molecule has 0 radical (unpaired) electrons. The van der Waals surface area contributed by atoms with Gasteiger partial charge in [0.1, 0.15) is 12.1 Å². The molecule has 9 nitrogen and oxygen atoms in total. The van der Waals surface area contributed by atoms with E-state index in [4.69, 9.17) is 4.74 Å². The second-order valence-corrected chi connectivity index (χ2v) is 12.5. The van der Waals surface area contributed by atoms with E-state index < -0.39 is 34.0 Å². The van der Waals surface area contributed by atoms with Crippen LogP contribution in [0, 0.1) is 6.92 Å². The molecule has 11 heteroatoms. The lowest BCUT2D eigenvalue weighted by Crippen LogP contribution is -2.51. The van der Waals surface area contributed by atoms with Crippen LogP contribution >= 0.6 is 15.9 Å². The van der Waals surface area contributed by atoms with E-state index in [9.17, 15) is 22.8 Å². The highest BCUT2D eigenvalue weighted by atomic mass is 79.9. The molecule has 0 saturated carbocycles. The molecule has 0 aliphatic carbocycles. The molecule has 41 heavy (non-hydrogen) atoms. The fourth-order valence-corrected chi connectivity index (χ4v) is 6.76. The summed E-state index contributed by atoms with van der Waals surface area (Å²) in [6.07, 6.45) is 0.999. The first-order valence-corrected chi connectivity index (χ1v) is 15.5. The molecule has 2 atom stereocenters. The van der Waals surface area contributed by atoms with Crippen LogP contribution in [0.4, 0.5) is 5.69 Å². The van der Waals surface area contributed by atoms with Crippen molar-refractivity contribution in [1.29, 1.82) is 0 Å². The van der Waals surface area contributed by atoms with E-state index in [0.29, 0.717) is 28.6 Å². The maximum absolute atomic E-state index is 13.4. The normalized spacial score (nSPS) is 16.1. The van der Waals surface area contributed by atoms with Gasteiger partial charge in [-0.25, -0.2) is 13.2 Å². The minimum absolute atomic E-state index is 0.122. The number of nitrogens with one attached hydrogen (secondary N) is 2. The molecule has 0 aromatic heterocycles. The Morgan fingerprint density at radius 3 is 2.37 bits per heavy atom. The van der Waals surface area contributed by atoms with E-state index in [1.165, 1.54) is 16.4 Å². The van der Waals surface area contributed by atoms with Gasteiger partial charge in [0.25, 0.3) is 5.91 Å². The Hall–Kier alpha value is -3.54. The maximum Gasteiger partial charge on any atom is 0.328 e. The molecule has 1 aliphatic heterocycles. The maximum atomic E-state index is 13.4. The third-order valence-corrected chi connectivity index (χ3v) is 9.41. The fraction of sp³-hybridized carbons (Fsp3) is 0.300. The molecule has 1 aliphatic rings. The minimum Gasteiger partial charge on any atom is -0.464 e. The van der Waals surface area contributed by atoms with Crippen LogP contribution in [0.15, 0.2) is 82.2 Å². The number of aryl methyl sites for hydroxylation is 1. The van der Waals surface area contributed by atoms with Gasteiger partial charge in [0, 0.05) is 23.1 Å². The summed E-state index contributed by atoms with van der Waals surface area (Å²) in [7, 11) is -3.89. The SMILES string of the molecule is CCOC(=O)[C@H](Cc1ccc(NC(=O)c2ccccc2Br)cc1)NC(=O)[C@@H]1CCCN1S(=O)(=O)c1ccc(C)cc1. The second kappa shape index (κ2) is 13.4. The van der Waals surface area contributed by atoms with Gasteiger partial charge in [-0.2, -0.15) is 4.31 Å². The molecule has 0 spiro atoms. The van der Waals surface area contributed by atoms with Crippen LogP contribution in [0.5, 0.6) is 0 Å². The van der Waals surface area contributed by atoms with Gasteiger partial charge >= 0.3 is 5.97 Å². The summed E-state index contributed by atoms with van der Waals surface area (Å²) in [4.78, 5) is 38.9. The van der Waals surface area contributed by atoms with Crippen molar-refractivity contribution in [2.24, 2.45) is 0 Å². The topological polar surface area (TPSA) is 122 Å². The van der Waals surface area contributed by atoms with Crippen LogP contribution in [0.3, 0.4) is 0 Å². The average molecular weight is 643 g/mol. The summed E-state index contributed by atoms with van der Waals surface area (Å²) in [6, 6.07) is 18.5. The number of amides is 2. The number of hydrogen-bond donors (Lipinski definition) is 2. The first-order chi connectivity index (χ1) is 19.6. The molecule has 0 unspecified atom stereocenters. The van der Waals surface area contributed by atoms with Crippen molar-refractivity contribution in [3.8, 4) is 0 Å². The molecule has 1 heterocycles. The summed E-state index contributed by atoms with van der Waals surface area (Å²) < 4.78 is 33.7. The third kappa shape index (κ3) is 7.41. The highest BCUT2D eigenvalue weighted by Crippen LogP contribution is 2.27. The Kier molecular flexibility index (Phi) is 9.95. The molecule has 2 amide bonds. The molecular weight excluding hydrogens is 610 g/mol. The number of nitrogens with zero attached hydrogens (tertiary/aromatic N) is 1. The molecule has 1 fully saturated rings. The lowest BCUT2D eigenvalue weighted by Gasteiger charge is -2.25. The smallest absolute Gasteiger partial charge is 0.328 e. The fourth-order valence-electron chi connectivity index (χ4n) is 4.64. The number of carbonyl (C=O) groups excluding carboxylic acids is 3. The van der Waals surface area contributed by atoms with Crippen molar-refractivity contribution in [3.63, 3.8) is 0 Å². The van der Waals surface area contributed by atoms with E-state index in [2.05, 4.69) is 26.6 Å². The number of carbonyl (C=O) groups is 3. The van der Waals surface area contributed by atoms with Crippen molar-refractivity contribution < 1.29 is 27.5 Å². The van der Waals surface area contributed by atoms with Crippen LogP contribution in [0.1, 0.15) is 41.3 Å². The second-order valence-electron chi connectivity index (χ2n) is 9.74. The Morgan fingerprint density at radius 1 is 1.02 bits per heavy atom. The predicted molar refractivity (Wildman–Crippen MR) is 159 cm³/mol. The molecule has 0 bridgehead atoms. The van der Waals surface area contributed by atoms with E-state index in [1.807, 2.05) is 13.0 Å². The number of sulfonamides is 1. The Bertz CT molecular complexity index is 1510. The van der Waals surface area contributed by atoms with Crippen molar-refractivity contribution in [2.45, 2.75) is 50.1 Å². The molecule has 3 aromatic carbocycles. The number of anilines is 1. The van der Waals surface area contributed by atoms with Crippen molar-refractivity contribution in [1.82, 2.24) is 9.62 Å². The van der Waals surface area contributed by atoms with Crippen LogP contribution in [0.2, 0.25) is 0 Å². The molecule has 216 valence electrons. The zero-order valence-electron chi connectivity index (χ0n) is 22.8. The highest BCUT2D eigenvalue weighted by molar-refractivity contribution is 9.10. The number of esters is 1. The van der Waals surface area contributed by atoms with E-state index in [-0.39, 0.29) is 30.4 Å². The molecule has 1 saturated heterocycles. The van der Waals surface area contributed by atoms with Gasteiger partial charge in [-0.3, -0.25) is 9.59 Å². The zero-order chi connectivity index (χ0) is 29.6. The predicted octanol–water partition coefficient (Wildman–Crippen LogP) is 4.45. The van der Waals surface area contributed by atoms with Crippen LogP contribution in [0.25, 0.3) is 0 Å². The first-order valence-electron chi connectivity index (χ1n) is 13.3. The van der Waals surface area contributed by atoms with Crippen molar-refractivity contribution >= 4 is 49.4 Å². The van der Waals surface area contributed by atoms with Gasteiger partial charge in [-0.15, -0.1) is 0 Å². The first kappa shape index (κ1) is 30.4. The molecular formula is C30H32BrN3O6S. The van der Waals surface area contributed by atoms with Gasteiger partial charge < -0.3 is 15.4 Å². The summed E-state index contributed by atoms with van der Waals surface area (Å²) in [5.74, 6) is -1.43. The molecule has 4 rings (SSSR count). The van der Waals surface area contributed by atoms with Crippen LogP contribution < -0.4 is 10.6 Å². The Morgan fingerprint density at radius 2 is 1.71 bits per heavy atom. The number of ether oxygens (including phenoxy) is 1. The minimum atomic E-state index is -3.89. The summed E-state index contributed by atoms with van der Waals surface area (Å²) in [6.45, 7) is 3.88. The Balaban J connectivity index is 1.46. The van der Waals surface area contributed by atoms with Crippen molar-refractivity contribution in [3.05, 3.63) is 94.0 Å².